The number of hydrogen-bond acceptors (Lipinski definition) is 8. The van der Waals surface area contributed by atoms with Gasteiger partial charge in [0.2, 0.25) is 0 Å². The number of halogens is 3. The van der Waals surface area contributed by atoms with Crippen LogP contribution in [0.25, 0.3) is 16.9 Å². The molecule has 0 bridgehead atoms. The van der Waals surface area contributed by atoms with Crippen LogP contribution in [0.4, 0.5) is 24.8 Å². The van der Waals surface area contributed by atoms with E-state index in [-0.39, 0.29) is 29.8 Å². The Kier molecular flexibility index (Phi) is 9.22. The largest absolute Gasteiger partial charge is 0.356 e. The van der Waals surface area contributed by atoms with Crippen LogP contribution in [0.1, 0.15) is 71.6 Å². The van der Waals surface area contributed by atoms with Crippen LogP contribution in [0.3, 0.4) is 0 Å². The number of nitrogens with zero attached hydrogens (tertiary/aromatic N) is 8. The summed E-state index contributed by atoms with van der Waals surface area (Å²) in [6.07, 6.45) is 9.10. The van der Waals surface area contributed by atoms with Crippen molar-refractivity contribution in [3.8, 4) is 11.3 Å². The normalized spacial score (nSPS) is 20.8. The number of fused-ring (bicyclic) bond motifs is 2. The lowest BCUT2D eigenvalue weighted by Gasteiger charge is -2.37. The number of rotatable bonds is 8. The fraction of sp³-hybridized carbons (Fsp3) is 0.415. The molecule has 9 rings (SSSR count). The summed E-state index contributed by atoms with van der Waals surface area (Å²) < 4.78 is 45.6. The molecule has 10 nitrogen and oxygen atoms in total. The van der Waals surface area contributed by atoms with Crippen LogP contribution in [-0.4, -0.2) is 87.1 Å². The molecule has 2 aromatic carbocycles. The summed E-state index contributed by atoms with van der Waals surface area (Å²) in [5.74, 6) is 0.0973. The Morgan fingerprint density at radius 1 is 0.870 bits per heavy atom. The maximum atomic E-state index is 15.4. The van der Waals surface area contributed by atoms with E-state index < -0.39 is 11.6 Å². The van der Waals surface area contributed by atoms with Crippen LogP contribution < -0.4 is 15.1 Å². The molecule has 0 aliphatic carbocycles. The van der Waals surface area contributed by atoms with Crippen LogP contribution >= 0.6 is 0 Å². The summed E-state index contributed by atoms with van der Waals surface area (Å²) in [5, 5.41) is 7.94. The highest BCUT2D eigenvalue weighted by Crippen LogP contribution is 2.38. The van der Waals surface area contributed by atoms with Crippen molar-refractivity contribution in [3.05, 3.63) is 107 Å². The number of carbonyl (C=O) groups excluding carboxylic acids is 1. The summed E-state index contributed by atoms with van der Waals surface area (Å²) in [4.78, 5) is 31.7. The summed E-state index contributed by atoms with van der Waals surface area (Å²) >= 11 is 0. The second kappa shape index (κ2) is 14.3. The molecule has 1 amide bonds. The van der Waals surface area contributed by atoms with Crippen LogP contribution in [0.5, 0.6) is 0 Å². The third-order valence-corrected chi connectivity index (χ3v) is 11.9. The Hall–Kier alpha value is -5.01. The van der Waals surface area contributed by atoms with Crippen LogP contribution in [0, 0.1) is 17.5 Å². The Balaban J connectivity index is 0.866. The molecule has 54 heavy (non-hydrogen) atoms. The first-order valence-electron chi connectivity index (χ1n) is 19.1. The third kappa shape index (κ3) is 6.46. The zero-order valence-electron chi connectivity index (χ0n) is 30.4. The number of piperidine rings is 2. The number of carbonyl (C=O) groups is 1. The predicted molar refractivity (Wildman–Crippen MR) is 201 cm³/mol. The Morgan fingerprint density at radius 3 is 2.56 bits per heavy atom. The van der Waals surface area contributed by atoms with Gasteiger partial charge in [-0.1, -0.05) is 12.1 Å². The van der Waals surface area contributed by atoms with Crippen molar-refractivity contribution in [3.63, 3.8) is 0 Å². The molecular weight excluding hydrogens is 692 g/mol. The Morgan fingerprint density at radius 2 is 1.74 bits per heavy atom. The fourth-order valence-corrected chi connectivity index (χ4v) is 8.94. The lowest BCUT2D eigenvalue weighted by Crippen LogP contribution is -2.46. The summed E-state index contributed by atoms with van der Waals surface area (Å²) in [6.45, 7) is 5.14. The first-order valence-corrected chi connectivity index (χ1v) is 19.1. The average molecular weight is 736 g/mol. The van der Waals surface area contributed by atoms with Gasteiger partial charge in [0.15, 0.2) is 5.65 Å². The second-order valence-electron chi connectivity index (χ2n) is 15.2. The van der Waals surface area contributed by atoms with Gasteiger partial charge >= 0.3 is 0 Å². The van der Waals surface area contributed by atoms with Crippen molar-refractivity contribution in [1.29, 1.82) is 0 Å². The topological polar surface area (TPSA) is 85.1 Å². The van der Waals surface area contributed by atoms with Crippen LogP contribution in [0.15, 0.2) is 67.0 Å². The third-order valence-electron chi connectivity index (χ3n) is 11.9. The molecule has 3 aromatic heterocycles. The number of nitrogens with one attached hydrogen (secondary N) is 1. The Bertz CT molecular complexity index is 2200. The smallest absolute Gasteiger partial charge is 0.254 e. The van der Waals surface area contributed by atoms with Crippen LogP contribution in [-0.2, 0) is 13.1 Å². The van der Waals surface area contributed by atoms with E-state index in [2.05, 4.69) is 32.2 Å². The molecule has 0 saturated carbocycles. The molecule has 3 saturated heterocycles. The molecule has 2 atom stereocenters. The average Bonchev–Trinajstić information content (AvgIpc) is 3.93. The number of pyridine rings is 1. The van der Waals surface area contributed by atoms with Gasteiger partial charge in [0.1, 0.15) is 29.1 Å². The summed E-state index contributed by atoms with van der Waals surface area (Å²) in [6, 6.07) is 15.2. The van der Waals surface area contributed by atoms with Crippen molar-refractivity contribution >= 4 is 23.2 Å². The molecule has 4 aliphatic heterocycles. The number of anilines is 2. The van der Waals surface area contributed by atoms with Gasteiger partial charge in [-0.25, -0.2) is 27.7 Å². The van der Waals surface area contributed by atoms with Crippen LogP contribution in [0.2, 0.25) is 0 Å². The van der Waals surface area contributed by atoms with E-state index in [4.69, 9.17) is 9.97 Å². The van der Waals surface area contributed by atoms with E-state index in [1.807, 2.05) is 41.4 Å². The number of amides is 1. The van der Waals surface area contributed by atoms with Crippen molar-refractivity contribution in [2.75, 3.05) is 49.6 Å². The van der Waals surface area contributed by atoms with Gasteiger partial charge in [-0.15, -0.1) is 0 Å². The highest BCUT2D eigenvalue weighted by molar-refractivity contribution is 5.98. The first kappa shape index (κ1) is 34.7. The Labute approximate surface area is 312 Å². The first-order chi connectivity index (χ1) is 26.3. The maximum absolute atomic E-state index is 15.4. The van der Waals surface area contributed by atoms with Crippen molar-refractivity contribution in [2.45, 2.75) is 69.7 Å². The highest BCUT2D eigenvalue weighted by atomic mass is 19.1. The zero-order chi connectivity index (χ0) is 36.9. The molecule has 13 heteroatoms. The molecule has 280 valence electrons. The lowest BCUT2D eigenvalue weighted by atomic mass is 10.0. The summed E-state index contributed by atoms with van der Waals surface area (Å²) in [5.41, 5.74) is 4.76. The van der Waals surface area contributed by atoms with Gasteiger partial charge in [-0.3, -0.25) is 9.69 Å². The molecule has 4 aliphatic rings. The SMILES string of the molecule is CN(Cc1cc2c(cc1F)C(=O)N(C1CCCNC1)C2)C1CCN(c2cccc(-c3cnn4ccc(N5CCC[C@@H]5c5ccc(F)cc5F)nc34)n2)CC1. The van der Waals surface area contributed by atoms with E-state index in [9.17, 15) is 13.6 Å². The second-order valence-corrected chi connectivity index (χ2v) is 15.2. The zero-order valence-corrected chi connectivity index (χ0v) is 30.4. The van der Waals surface area contributed by atoms with Crippen molar-refractivity contribution in [2.24, 2.45) is 0 Å². The standard InChI is InChI=1S/C41H44F3N9O/c1-49(24-27-19-26-25-52(30-5-3-14-45-22-30)41(54)32(26)21-34(27)43)29-11-16-50(17-12-29)38-8-2-6-36(47-38)33-23-46-53-18-13-39(48-40(33)53)51-15-4-7-37(51)31-10-9-28(42)20-35(31)44/h2,6,8-10,13,18-21,23,29-30,37,45H,3-5,7,11-12,14-17,22,24-25H2,1H3/t30?,37-/m1/s1. The van der Waals surface area contributed by atoms with Crippen molar-refractivity contribution in [1.82, 2.24) is 34.7 Å². The molecule has 1 unspecified atom stereocenters. The number of benzene rings is 2. The van der Waals surface area contributed by atoms with Gasteiger partial charge < -0.3 is 20.0 Å². The molecule has 5 aromatic rings. The molecule has 0 spiro atoms. The molecular formula is C41H44F3N9O. The predicted octanol–water partition coefficient (Wildman–Crippen LogP) is 6.36. The number of hydrogen-bond donors (Lipinski definition) is 1. The quantitative estimate of drug-likeness (QED) is 0.197. The molecule has 3 fully saturated rings. The minimum Gasteiger partial charge on any atom is -0.356 e. The summed E-state index contributed by atoms with van der Waals surface area (Å²) in [7, 11) is 2.06. The molecule has 7 heterocycles. The molecule has 0 radical (unpaired) electrons. The maximum Gasteiger partial charge on any atom is 0.254 e. The van der Waals surface area contributed by atoms with Gasteiger partial charge in [-0.05, 0) is 94.1 Å². The van der Waals surface area contributed by atoms with Gasteiger partial charge in [-0.2, -0.15) is 5.10 Å². The van der Waals surface area contributed by atoms with E-state index in [0.29, 0.717) is 47.8 Å². The minimum atomic E-state index is -0.585. The van der Waals surface area contributed by atoms with E-state index in [0.717, 1.165) is 93.4 Å². The van der Waals surface area contributed by atoms with Crippen molar-refractivity contribution < 1.29 is 18.0 Å². The lowest BCUT2D eigenvalue weighted by molar-refractivity contribution is 0.0674. The van der Waals surface area contributed by atoms with Gasteiger partial charge in [0.05, 0.1) is 23.5 Å². The van der Waals surface area contributed by atoms with E-state index in [1.165, 1.54) is 18.2 Å². The van der Waals surface area contributed by atoms with E-state index in [1.54, 1.807) is 10.7 Å². The highest BCUT2D eigenvalue weighted by Gasteiger charge is 2.35. The number of aromatic nitrogens is 4. The monoisotopic (exact) mass is 735 g/mol. The van der Waals surface area contributed by atoms with Gasteiger partial charge in [0.25, 0.3) is 5.91 Å². The van der Waals surface area contributed by atoms with Gasteiger partial charge in [0, 0.05) is 80.3 Å². The molecule has 1 N–H and O–H groups in total. The fourth-order valence-electron chi connectivity index (χ4n) is 8.94. The minimum absolute atomic E-state index is 0.0540. The van der Waals surface area contributed by atoms with E-state index >= 15 is 4.39 Å².